The molecule has 0 bridgehead atoms. The van der Waals surface area contributed by atoms with E-state index in [4.69, 9.17) is 9.31 Å². The van der Waals surface area contributed by atoms with Crippen LogP contribution in [-0.4, -0.2) is 23.3 Å². The third-order valence-electron chi connectivity index (χ3n) is 5.08. The van der Waals surface area contributed by atoms with Crippen LogP contribution >= 0.6 is 0 Å². The summed E-state index contributed by atoms with van der Waals surface area (Å²) >= 11 is 0. The van der Waals surface area contributed by atoms with Crippen molar-refractivity contribution in [1.29, 1.82) is 0 Å². The third-order valence-corrected chi connectivity index (χ3v) is 5.08. The van der Waals surface area contributed by atoms with Crippen molar-refractivity contribution in [2.45, 2.75) is 64.1 Å². The minimum Gasteiger partial charge on any atom is -0.400 e. The van der Waals surface area contributed by atoms with Crippen LogP contribution in [0.25, 0.3) is 6.08 Å². The van der Waals surface area contributed by atoms with Gasteiger partial charge in [-0.05, 0) is 70.2 Å². The van der Waals surface area contributed by atoms with E-state index < -0.39 is 0 Å². The molecule has 4 heteroatoms. The van der Waals surface area contributed by atoms with Crippen molar-refractivity contribution in [2.75, 3.05) is 0 Å². The fourth-order valence-corrected chi connectivity index (χ4v) is 2.70. The summed E-state index contributed by atoms with van der Waals surface area (Å²) in [6.45, 7) is 8.26. The van der Waals surface area contributed by atoms with Crippen molar-refractivity contribution in [3.63, 3.8) is 0 Å². The average molecular weight is 285 g/mol. The van der Waals surface area contributed by atoms with Crippen LogP contribution in [0.5, 0.6) is 0 Å². The van der Waals surface area contributed by atoms with Gasteiger partial charge >= 0.3 is 7.12 Å². The molecular formula is C17H24BNO2. The Morgan fingerprint density at radius 1 is 1.19 bits per heavy atom. The summed E-state index contributed by atoms with van der Waals surface area (Å²) in [7, 11) is -0.302. The van der Waals surface area contributed by atoms with E-state index >= 15 is 0 Å². The third kappa shape index (κ3) is 2.92. The molecule has 2 fully saturated rings. The maximum atomic E-state index is 5.96. The van der Waals surface area contributed by atoms with E-state index in [0.29, 0.717) is 0 Å². The normalized spacial score (nSPS) is 24.5. The van der Waals surface area contributed by atoms with Gasteiger partial charge in [-0.2, -0.15) is 0 Å². The van der Waals surface area contributed by atoms with E-state index in [9.17, 15) is 0 Å². The first-order valence-electron chi connectivity index (χ1n) is 7.87. The van der Waals surface area contributed by atoms with Gasteiger partial charge in [-0.3, -0.25) is 4.98 Å². The zero-order valence-electron chi connectivity index (χ0n) is 13.4. The summed E-state index contributed by atoms with van der Waals surface area (Å²) < 4.78 is 11.9. The van der Waals surface area contributed by atoms with Gasteiger partial charge in [0.15, 0.2) is 0 Å². The smallest absolute Gasteiger partial charge is 0.400 e. The zero-order valence-corrected chi connectivity index (χ0v) is 13.4. The summed E-state index contributed by atoms with van der Waals surface area (Å²) in [4.78, 5) is 4.42. The van der Waals surface area contributed by atoms with Crippen LogP contribution in [0.4, 0.5) is 0 Å². The summed E-state index contributed by atoms with van der Waals surface area (Å²) in [5.74, 6) is 2.70. The number of aromatic nitrogens is 1. The molecule has 3 rings (SSSR count). The molecule has 0 atom stereocenters. The van der Waals surface area contributed by atoms with Crippen LogP contribution in [0.15, 0.2) is 24.3 Å². The molecule has 112 valence electrons. The lowest BCUT2D eigenvalue weighted by atomic mass is 9.80. The average Bonchev–Trinajstić information content (AvgIpc) is 2.54. The minimum absolute atomic E-state index is 0.288. The first kappa shape index (κ1) is 14.8. The second-order valence-corrected chi connectivity index (χ2v) is 7.13. The van der Waals surface area contributed by atoms with Crippen molar-refractivity contribution >= 4 is 13.2 Å². The maximum Gasteiger partial charge on any atom is 0.487 e. The molecule has 2 heterocycles. The van der Waals surface area contributed by atoms with Crippen LogP contribution in [0.1, 0.15) is 64.1 Å². The fourth-order valence-electron chi connectivity index (χ4n) is 2.70. The van der Waals surface area contributed by atoms with E-state index in [1.165, 1.54) is 24.8 Å². The predicted molar refractivity (Wildman–Crippen MR) is 85.9 cm³/mol. The van der Waals surface area contributed by atoms with Gasteiger partial charge in [0.1, 0.15) is 0 Å². The van der Waals surface area contributed by atoms with E-state index in [1.54, 1.807) is 0 Å². The number of rotatable bonds is 3. The highest BCUT2D eigenvalue weighted by Gasteiger charge is 2.50. The molecule has 3 nitrogen and oxygen atoms in total. The van der Waals surface area contributed by atoms with Crippen molar-refractivity contribution in [3.05, 3.63) is 35.6 Å². The Morgan fingerprint density at radius 3 is 2.43 bits per heavy atom. The van der Waals surface area contributed by atoms with Crippen molar-refractivity contribution in [3.8, 4) is 0 Å². The van der Waals surface area contributed by atoms with Gasteiger partial charge in [0.05, 0.1) is 16.9 Å². The Hall–Kier alpha value is -1.13. The molecule has 0 N–H and O–H groups in total. The molecule has 0 unspecified atom stereocenters. The Labute approximate surface area is 127 Å². The van der Waals surface area contributed by atoms with Gasteiger partial charge in [0.25, 0.3) is 0 Å². The molecule has 0 spiro atoms. The van der Waals surface area contributed by atoms with Gasteiger partial charge < -0.3 is 9.31 Å². The van der Waals surface area contributed by atoms with E-state index in [2.05, 4.69) is 44.8 Å². The highest BCUT2D eigenvalue weighted by Crippen LogP contribution is 2.38. The molecule has 1 saturated carbocycles. The topological polar surface area (TPSA) is 31.4 Å². The number of nitrogens with zero attached hydrogens (tertiary/aromatic N) is 1. The Morgan fingerprint density at radius 2 is 1.86 bits per heavy atom. The Bertz CT molecular complexity index is 533. The van der Waals surface area contributed by atoms with Gasteiger partial charge in [-0.25, -0.2) is 0 Å². The lowest BCUT2D eigenvalue weighted by Gasteiger charge is -2.32. The molecule has 1 saturated heterocycles. The summed E-state index contributed by atoms with van der Waals surface area (Å²) in [5.41, 5.74) is 1.81. The quantitative estimate of drug-likeness (QED) is 0.787. The number of hydrogen-bond acceptors (Lipinski definition) is 3. The monoisotopic (exact) mass is 285 g/mol. The molecular weight excluding hydrogens is 261 g/mol. The summed E-state index contributed by atoms with van der Waals surface area (Å²) in [6, 6.07) is 4.32. The van der Waals surface area contributed by atoms with Crippen molar-refractivity contribution in [1.82, 2.24) is 4.98 Å². The first-order valence-corrected chi connectivity index (χ1v) is 7.87. The highest BCUT2D eigenvalue weighted by molar-refractivity contribution is 6.52. The highest BCUT2D eigenvalue weighted by atomic mass is 16.7. The fraction of sp³-hybridized carbons (Fsp3) is 0.588. The largest absolute Gasteiger partial charge is 0.487 e. The molecule has 1 aromatic rings. The van der Waals surface area contributed by atoms with Gasteiger partial charge in [-0.15, -0.1) is 0 Å². The Balaban J connectivity index is 1.69. The predicted octanol–water partition coefficient (Wildman–Crippen LogP) is 3.99. The standard InChI is InChI=1S/C17H24BNO2/c1-16(2)17(3,4)21-18(20-16)10-8-15-12-14(9-11-19-15)13-6-5-7-13/h8-13H,5-7H2,1-4H3/b10-8+. The van der Waals surface area contributed by atoms with Crippen LogP contribution in [-0.2, 0) is 9.31 Å². The maximum absolute atomic E-state index is 5.96. The van der Waals surface area contributed by atoms with Crippen LogP contribution < -0.4 is 0 Å². The van der Waals surface area contributed by atoms with E-state index in [1.807, 2.05) is 18.2 Å². The van der Waals surface area contributed by atoms with Gasteiger partial charge in [0, 0.05) is 6.20 Å². The van der Waals surface area contributed by atoms with Crippen LogP contribution in [0.3, 0.4) is 0 Å². The first-order chi connectivity index (χ1) is 9.87. The lowest BCUT2D eigenvalue weighted by Crippen LogP contribution is -2.41. The van der Waals surface area contributed by atoms with Gasteiger partial charge in [0.2, 0.25) is 0 Å². The summed E-state index contributed by atoms with van der Waals surface area (Å²) in [5, 5.41) is 0. The summed E-state index contributed by atoms with van der Waals surface area (Å²) in [6.07, 6.45) is 7.88. The molecule has 0 amide bonds. The van der Waals surface area contributed by atoms with Crippen LogP contribution in [0, 0.1) is 0 Å². The van der Waals surface area contributed by atoms with Crippen LogP contribution in [0.2, 0.25) is 0 Å². The SMILES string of the molecule is CC1(C)OB(/C=C/c2cc(C3CCC3)ccn2)OC1(C)C. The molecule has 21 heavy (non-hydrogen) atoms. The minimum atomic E-state index is -0.302. The van der Waals surface area contributed by atoms with Gasteiger partial charge in [-0.1, -0.05) is 12.4 Å². The molecule has 0 radical (unpaired) electrons. The number of hydrogen-bond donors (Lipinski definition) is 0. The lowest BCUT2D eigenvalue weighted by molar-refractivity contribution is 0.00578. The molecule has 1 aliphatic carbocycles. The van der Waals surface area contributed by atoms with E-state index in [0.717, 1.165) is 11.6 Å². The molecule has 2 aliphatic rings. The second kappa shape index (κ2) is 5.26. The molecule has 1 aliphatic heterocycles. The molecule has 1 aromatic heterocycles. The Kier molecular flexibility index (Phi) is 3.70. The zero-order chi connectivity index (χ0) is 15.1. The van der Waals surface area contributed by atoms with Crippen molar-refractivity contribution < 1.29 is 9.31 Å². The van der Waals surface area contributed by atoms with E-state index in [-0.39, 0.29) is 18.3 Å². The van der Waals surface area contributed by atoms with Crippen molar-refractivity contribution in [2.24, 2.45) is 0 Å². The second-order valence-electron chi connectivity index (χ2n) is 7.13. The number of pyridine rings is 1. The molecule has 0 aromatic carbocycles.